The third kappa shape index (κ3) is 6.85. The van der Waals surface area contributed by atoms with E-state index in [2.05, 4.69) is 37.9 Å². The number of hydrogen-bond acceptors (Lipinski definition) is 7. The highest BCUT2D eigenvalue weighted by Gasteiger charge is 2.27. The third-order valence-corrected chi connectivity index (χ3v) is 8.63. The van der Waals surface area contributed by atoms with Gasteiger partial charge in [0, 0.05) is 26.2 Å². The fourth-order valence-corrected chi connectivity index (χ4v) is 7.30. The molecule has 0 N–H and O–H groups in total. The molecule has 4 atom stereocenters. The van der Waals surface area contributed by atoms with Gasteiger partial charge in [-0.1, -0.05) is 62.6 Å². The molecule has 2 aliphatic heterocycles. The second-order valence-corrected chi connectivity index (χ2v) is 12.3. The van der Waals surface area contributed by atoms with Crippen molar-refractivity contribution in [1.29, 1.82) is 0 Å². The van der Waals surface area contributed by atoms with Crippen molar-refractivity contribution in [3.05, 3.63) is 0 Å². The summed E-state index contributed by atoms with van der Waals surface area (Å²) in [5, 5.41) is 8.39. The first kappa shape index (κ1) is 22.9. The summed E-state index contributed by atoms with van der Waals surface area (Å²) in [7, 11) is 0. The molecule has 4 unspecified atom stereocenters. The van der Waals surface area contributed by atoms with Crippen LogP contribution in [0.2, 0.25) is 0 Å². The number of amides is 2. The number of carbonyl (C=O) groups is 2. The Hall–Kier alpha value is -0.800. The highest BCUT2D eigenvalue weighted by atomic mass is 32.2. The highest BCUT2D eigenvalue weighted by molar-refractivity contribution is 8.03. The predicted molar refractivity (Wildman–Crippen MR) is 120 cm³/mol. The molecule has 3 heterocycles. The van der Waals surface area contributed by atoms with Gasteiger partial charge in [0.2, 0.25) is 11.8 Å². The number of likely N-dealkylation sites (tertiary alicyclic amines) is 2. The van der Waals surface area contributed by atoms with Crippen LogP contribution in [0.25, 0.3) is 0 Å². The fraction of sp³-hybridized carbons (Fsp3) is 0.800. The molecule has 6 nitrogen and oxygen atoms in total. The lowest BCUT2D eigenvalue weighted by atomic mass is 9.92. The Morgan fingerprint density at radius 3 is 1.48 bits per heavy atom. The molecule has 29 heavy (non-hydrogen) atoms. The smallest absolute Gasteiger partial charge is 0.233 e. The Morgan fingerprint density at radius 2 is 1.14 bits per heavy atom. The van der Waals surface area contributed by atoms with Gasteiger partial charge in [0.05, 0.1) is 11.5 Å². The summed E-state index contributed by atoms with van der Waals surface area (Å²) in [5.74, 6) is 3.45. The van der Waals surface area contributed by atoms with Crippen LogP contribution in [0.5, 0.6) is 0 Å². The van der Waals surface area contributed by atoms with Crippen molar-refractivity contribution in [3.8, 4) is 0 Å². The van der Waals surface area contributed by atoms with Crippen molar-refractivity contribution in [3.63, 3.8) is 0 Å². The maximum Gasteiger partial charge on any atom is 0.233 e. The van der Waals surface area contributed by atoms with E-state index in [9.17, 15) is 9.59 Å². The highest BCUT2D eigenvalue weighted by Crippen LogP contribution is 2.30. The zero-order valence-electron chi connectivity index (χ0n) is 17.8. The summed E-state index contributed by atoms with van der Waals surface area (Å²) in [6.07, 6.45) is 2.39. The van der Waals surface area contributed by atoms with Crippen LogP contribution in [0.15, 0.2) is 8.68 Å². The zero-order valence-corrected chi connectivity index (χ0v) is 20.2. The van der Waals surface area contributed by atoms with Crippen LogP contribution in [0.4, 0.5) is 0 Å². The van der Waals surface area contributed by atoms with E-state index < -0.39 is 0 Å². The van der Waals surface area contributed by atoms with Gasteiger partial charge in [0.1, 0.15) is 0 Å². The average molecular weight is 457 g/mol. The SMILES string of the molecule is CC1CC(C)CN(C(=O)CSc2nnc(SCC(=O)N3CC(C)CC(C)C3)s2)C1. The molecule has 162 valence electrons. The van der Waals surface area contributed by atoms with E-state index >= 15 is 0 Å². The van der Waals surface area contributed by atoms with Crippen LogP contribution in [-0.2, 0) is 9.59 Å². The lowest BCUT2D eigenvalue weighted by Crippen LogP contribution is -2.43. The first-order valence-electron chi connectivity index (χ1n) is 10.4. The summed E-state index contributed by atoms with van der Waals surface area (Å²) >= 11 is 4.38. The van der Waals surface area contributed by atoms with E-state index in [4.69, 9.17) is 0 Å². The normalized spacial score (nSPS) is 27.9. The monoisotopic (exact) mass is 456 g/mol. The molecule has 0 radical (unpaired) electrons. The summed E-state index contributed by atoms with van der Waals surface area (Å²) in [6.45, 7) is 12.3. The van der Waals surface area contributed by atoms with E-state index in [1.807, 2.05) is 9.80 Å². The number of rotatable bonds is 6. The van der Waals surface area contributed by atoms with Crippen molar-refractivity contribution < 1.29 is 9.59 Å². The van der Waals surface area contributed by atoms with Crippen molar-refractivity contribution in [2.45, 2.75) is 49.2 Å². The Labute approximate surface area is 186 Å². The van der Waals surface area contributed by atoms with Gasteiger partial charge < -0.3 is 9.80 Å². The van der Waals surface area contributed by atoms with Crippen molar-refractivity contribution in [2.24, 2.45) is 23.7 Å². The fourth-order valence-electron chi connectivity index (χ4n) is 4.48. The molecular formula is C20H32N4O2S3. The summed E-state index contributed by atoms with van der Waals surface area (Å²) in [5.41, 5.74) is 0. The Morgan fingerprint density at radius 1 is 0.793 bits per heavy atom. The Balaban J connectivity index is 1.42. The standard InChI is InChI=1S/C20H32N4O2S3/c1-13-5-14(2)8-23(7-13)17(25)11-27-19-21-22-20(29-19)28-12-18(26)24-9-15(3)6-16(4)10-24/h13-16H,5-12H2,1-4H3. The van der Waals surface area contributed by atoms with Crippen molar-refractivity contribution in [2.75, 3.05) is 37.7 Å². The number of carbonyl (C=O) groups excluding carboxylic acids is 2. The molecule has 0 aliphatic carbocycles. The lowest BCUT2D eigenvalue weighted by Gasteiger charge is -2.34. The van der Waals surface area contributed by atoms with E-state index in [0.717, 1.165) is 34.9 Å². The molecule has 2 amide bonds. The first-order chi connectivity index (χ1) is 13.8. The minimum absolute atomic E-state index is 0.182. The van der Waals surface area contributed by atoms with Crippen molar-refractivity contribution >= 4 is 46.7 Å². The van der Waals surface area contributed by atoms with E-state index in [0.29, 0.717) is 35.2 Å². The van der Waals surface area contributed by atoms with E-state index in [1.54, 1.807) is 0 Å². The number of thioether (sulfide) groups is 2. The van der Waals surface area contributed by atoms with Gasteiger partial charge in [0.25, 0.3) is 0 Å². The topological polar surface area (TPSA) is 66.4 Å². The van der Waals surface area contributed by atoms with Gasteiger partial charge in [-0.25, -0.2) is 0 Å². The average Bonchev–Trinajstić information content (AvgIpc) is 3.10. The molecule has 9 heteroatoms. The third-order valence-electron chi connectivity index (χ3n) is 5.47. The summed E-state index contributed by atoms with van der Waals surface area (Å²) in [4.78, 5) is 29.0. The molecule has 0 bridgehead atoms. The van der Waals surface area contributed by atoms with Gasteiger partial charge in [-0.2, -0.15) is 0 Å². The number of hydrogen-bond donors (Lipinski definition) is 0. The Bertz CT molecular complexity index is 637. The molecule has 2 fully saturated rings. The number of nitrogens with zero attached hydrogens (tertiary/aromatic N) is 4. The lowest BCUT2D eigenvalue weighted by molar-refractivity contribution is -0.131. The second kappa shape index (κ2) is 10.5. The van der Waals surface area contributed by atoms with Crippen LogP contribution in [0.3, 0.4) is 0 Å². The van der Waals surface area contributed by atoms with Crippen LogP contribution < -0.4 is 0 Å². The largest absolute Gasteiger partial charge is 0.341 e. The molecule has 2 saturated heterocycles. The van der Waals surface area contributed by atoms with E-state index in [-0.39, 0.29) is 11.8 Å². The minimum atomic E-state index is 0.182. The van der Waals surface area contributed by atoms with Gasteiger partial charge in [-0.3, -0.25) is 9.59 Å². The van der Waals surface area contributed by atoms with Gasteiger partial charge in [-0.15, -0.1) is 10.2 Å². The van der Waals surface area contributed by atoms with Crippen LogP contribution in [-0.4, -0.2) is 69.5 Å². The zero-order chi connectivity index (χ0) is 21.0. The summed E-state index contributed by atoms with van der Waals surface area (Å²) < 4.78 is 1.60. The van der Waals surface area contributed by atoms with Gasteiger partial charge >= 0.3 is 0 Å². The molecule has 2 aliphatic rings. The van der Waals surface area contributed by atoms with Crippen LogP contribution in [0.1, 0.15) is 40.5 Å². The maximum atomic E-state index is 12.5. The maximum absolute atomic E-state index is 12.5. The van der Waals surface area contributed by atoms with Gasteiger partial charge in [0.15, 0.2) is 8.68 Å². The van der Waals surface area contributed by atoms with Crippen LogP contribution >= 0.6 is 34.9 Å². The predicted octanol–water partition coefficient (Wildman–Crippen LogP) is 3.73. The van der Waals surface area contributed by atoms with Crippen molar-refractivity contribution in [1.82, 2.24) is 20.0 Å². The number of aromatic nitrogens is 2. The second-order valence-electron chi connectivity index (χ2n) is 8.90. The summed E-state index contributed by atoms with van der Waals surface area (Å²) in [6, 6.07) is 0. The Kier molecular flexibility index (Phi) is 8.27. The molecule has 0 saturated carbocycles. The van der Waals surface area contributed by atoms with Crippen LogP contribution in [0, 0.1) is 23.7 Å². The molecule has 3 rings (SSSR count). The molecule has 1 aromatic heterocycles. The molecule has 0 spiro atoms. The molecular weight excluding hydrogens is 424 g/mol. The van der Waals surface area contributed by atoms with Gasteiger partial charge in [-0.05, 0) is 36.5 Å². The minimum Gasteiger partial charge on any atom is -0.341 e. The molecule has 0 aromatic carbocycles. The van der Waals surface area contributed by atoms with E-state index in [1.165, 1.54) is 47.7 Å². The first-order valence-corrected chi connectivity index (χ1v) is 13.2. The number of piperidine rings is 2. The molecule has 1 aromatic rings. The quantitative estimate of drug-likeness (QED) is 0.608.